The summed E-state index contributed by atoms with van der Waals surface area (Å²) in [4.78, 5) is 17.3. The van der Waals surface area contributed by atoms with Crippen molar-refractivity contribution < 1.29 is 19.5 Å². The maximum Gasteiger partial charge on any atom is 0.336 e. The Balaban J connectivity index is 1.63. The van der Waals surface area contributed by atoms with Gasteiger partial charge in [0.1, 0.15) is 19.3 Å². The third-order valence-corrected chi connectivity index (χ3v) is 7.25. The fourth-order valence-corrected chi connectivity index (χ4v) is 5.75. The van der Waals surface area contributed by atoms with Crippen molar-refractivity contribution in [1.82, 2.24) is 0 Å². The highest BCUT2D eigenvalue weighted by atomic mass is 16.6. The van der Waals surface area contributed by atoms with Gasteiger partial charge in [-0.2, -0.15) is 0 Å². The van der Waals surface area contributed by atoms with E-state index in [0.717, 1.165) is 32.1 Å². The molecule has 4 rings (SSSR count). The molecular weight excluding hydrogens is 318 g/mol. The first kappa shape index (κ1) is 16.8. The minimum atomic E-state index is -0.793. The molecule has 0 radical (unpaired) electrons. The summed E-state index contributed by atoms with van der Waals surface area (Å²) in [5.41, 5.74) is 3.02. The molecule has 1 N–H and O–H groups in total. The first-order valence-electron chi connectivity index (χ1n) is 9.28. The van der Waals surface area contributed by atoms with Crippen molar-refractivity contribution in [2.24, 2.45) is 27.8 Å². The number of hydrogen-bond acceptors (Lipinski definition) is 5. The van der Waals surface area contributed by atoms with E-state index in [0.29, 0.717) is 24.0 Å². The van der Waals surface area contributed by atoms with Crippen molar-refractivity contribution in [3.63, 3.8) is 0 Å². The van der Waals surface area contributed by atoms with Gasteiger partial charge in [0, 0.05) is 5.41 Å². The SMILES string of the molecule is C=C1CC[C@@H]2C3(C)CON=C3CC[C@@]2(C)[C@@H]1C/C=C1/C(=O)OC[C@H]1O. The molecule has 0 amide bonds. The van der Waals surface area contributed by atoms with Crippen LogP contribution >= 0.6 is 0 Å². The zero-order valence-electron chi connectivity index (χ0n) is 15.1. The van der Waals surface area contributed by atoms with Crippen LogP contribution in [0, 0.1) is 22.7 Å². The van der Waals surface area contributed by atoms with E-state index < -0.39 is 6.10 Å². The lowest BCUT2D eigenvalue weighted by Crippen LogP contribution is -2.54. The number of allylic oxidation sites excluding steroid dienone is 2. The number of hydrogen-bond donors (Lipinski definition) is 1. The smallest absolute Gasteiger partial charge is 0.336 e. The predicted molar refractivity (Wildman–Crippen MR) is 93.9 cm³/mol. The fourth-order valence-electron chi connectivity index (χ4n) is 5.75. The molecule has 5 nitrogen and oxygen atoms in total. The summed E-state index contributed by atoms with van der Waals surface area (Å²) < 4.78 is 4.94. The summed E-state index contributed by atoms with van der Waals surface area (Å²) in [5.74, 6) is 0.424. The quantitative estimate of drug-likeness (QED) is 0.475. The first-order valence-corrected chi connectivity index (χ1v) is 9.28. The second kappa shape index (κ2) is 5.70. The maximum atomic E-state index is 11.8. The van der Waals surface area contributed by atoms with E-state index in [1.54, 1.807) is 0 Å². The van der Waals surface area contributed by atoms with Crippen molar-refractivity contribution >= 4 is 11.7 Å². The number of aliphatic hydroxyl groups is 1. The molecule has 0 spiro atoms. The lowest BCUT2D eigenvalue weighted by molar-refractivity contribution is -0.135. The van der Waals surface area contributed by atoms with Crippen LogP contribution in [0.3, 0.4) is 0 Å². The standard InChI is InChI=1S/C20H27NO4/c1-12-4-7-16-19(2,9-8-17-20(16,3)11-25-21-17)14(12)6-5-13-15(22)10-24-18(13)23/h5,14-16,22H,1,4,6-11H2,2-3H3/b13-5+/t14-,15-,16+,19+,20?/m1/s1. The monoisotopic (exact) mass is 345 g/mol. The Morgan fingerprint density at radius 2 is 2.20 bits per heavy atom. The largest absolute Gasteiger partial charge is 0.459 e. The van der Waals surface area contributed by atoms with E-state index in [-0.39, 0.29) is 23.4 Å². The number of nitrogens with zero attached hydrogens (tertiary/aromatic N) is 1. The minimum Gasteiger partial charge on any atom is -0.459 e. The van der Waals surface area contributed by atoms with Gasteiger partial charge in [-0.05, 0) is 49.4 Å². The second-order valence-electron chi connectivity index (χ2n) is 8.55. The van der Waals surface area contributed by atoms with Gasteiger partial charge in [-0.25, -0.2) is 4.79 Å². The number of carbonyl (C=O) groups is 1. The van der Waals surface area contributed by atoms with E-state index in [4.69, 9.17) is 9.57 Å². The second-order valence-corrected chi connectivity index (χ2v) is 8.55. The minimum absolute atomic E-state index is 0.0187. The van der Waals surface area contributed by atoms with Crippen LogP contribution in [0.4, 0.5) is 0 Å². The van der Waals surface area contributed by atoms with Crippen LogP contribution in [0.25, 0.3) is 0 Å². The van der Waals surface area contributed by atoms with Crippen LogP contribution in [0.15, 0.2) is 29.0 Å². The van der Waals surface area contributed by atoms with Crippen molar-refractivity contribution in [2.45, 2.75) is 52.1 Å². The number of oxime groups is 1. The molecule has 2 saturated carbocycles. The van der Waals surface area contributed by atoms with Crippen LogP contribution in [0.5, 0.6) is 0 Å². The molecule has 3 fully saturated rings. The highest BCUT2D eigenvalue weighted by Gasteiger charge is 2.58. The molecule has 1 saturated heterocycles. The number of ether oxygens (including phenoxy) is 1. The van der Waals surface area contributed by atoms with Gasteiger partial charge in [0.25, 0.3) is 0 Å². The van der Waals surface area contributed by atoms with Crippen molar-refractivity contribution in [3.8, 4) is 0 Å². The highest BCUT2D eigenvalue weighted by Crippen LogP contribution is 2.61. The molecule has 136 valence electrons. The van der Waals surface area contributed by atoms with E-state index in [1.807, 2.05) is 6.08 Å². The van der Waals surface area contributed by atoms with E-state index in [1.165, 1.54) is 11.3 Å². The normalized spacial score (nSPS) is 44.8. The summed E-state index contributed by atoms with van der Waals surface area (Å²) in [6, 6.07) is 0. The Hall–Kier alpha value is -1.62. The molecule has 4 aliphatic rings. The maximum absolute atomic E-state index is 11.8. The molecule has 0 aromatic rings. The van der Waals surface area contributed by atoms with Crippen LogP contribution < -0.4 is 0 Å². The number of cyclic esters (lactones) is 1. The van der Waals surface area contributed by atoms with Crippen molar-refractivity contribution in [1.29, 1.82) is 0 Å². The van der Waals surface area contributed by atoms with Gasteiger partial charge < -0.3 is 14.7 Å². The lowest BCUT2D eigenvalue weighted by Gasteiger charge is -2.57. The Labute approximate surface area is 148 Å². The van der Waals surface area contributed by atoms with Crippen LogP contribution in [-0.2, 0) is 14.4 Å². The first-order chi connectivity index (χ1) is 11.9. The molecule has 25 heavy (non-hydrogen) atoms. The van der Waals surface area contributed by atoms with Crippen molar-refractivity contribution in [3.05, 3.63) is 23.8 Å². The van der Waals surface area contributed by atoms with E-state index >= 15 is 0 Å². The zero-order valence-corrected chi connectivity index (χ0v) is 15.1. The zero-order chi connectivity index (χ0) is 17.8. The highest BCUT2D eigenvalue weighted by molar-refractivity contribution is 5.92. The molecule has 2 aliphatic heterocycles. The summed E-state index contributed by atoms with van der Waals surface area (Å²) in [5, 5.41) is 14.3. The van der Waals surface area contributed by atoms with Gasteiger partial charge in [0.15, 0.2) is 0 Å². The van der Waals surface area contributed by atoms with E-state index in [2.05, 4.69) is 25.6 Å². The predicted octanol–water partition coefficient (Wildman–Crippen LogP) is 3.00. The molecule has 0 bridgehead atoms. The van der Waals surface area contributed by atoms with Gasteiger partial charge in [-0.1, -0.05) is 37.2 Å². The average Bonchev–Trinajstić information content (AvgIpc) is 3.10. The molecule has 1 unspecified atom stereocenters. The summed E-state index contributed by atoms with van der Waals surface area (Å²) in [6.07, 6.45) is 5.98. The summed E-state index contributed by atoms with van der Waals surface area (Å²) >= 11 is 0. The van der Waals surface area contributed by atoms with Gasteiger partial charge in [-0.3, -0.25) is 0 Å². The third-order valence-electron chi connectivity index (χ3n) is 7.25. The van der Waals surface area contributed by atoms with Crippen LogP contribution in [0.2, 0.25) is 0 Å². The van der Waals surface area contributed by atoms with Gasteiger partial charge in [0.2, 0.25) is 0 Å². The van der Waals surface area contributed by atoms with Crippen LogP contribution in [0.1, 0.15) is 46.0 Å². The summed E-state index contributed by atoms with van der Waals surface area (Å²) in [7, 11) is 0. The summed E-state index contributed by atoms with van der Waals surface area (Å²) in [6.45, 7) is 9.77. The lowest BCUT2D eigenvalue weighted by atomic mass is 9.46. The molecule has 2 aliphatic carbocycles. The molecule has 0 aromatic heterocycles. The Bertz CT molecular complexity index is 681. The van der Waals surface area contributed by atoms with Gasteiger partial charge in [0.05, 0.1) is 11.3 Å². The van der Waals surface area contributed by atoms with Gasteiger partial charge in [-0.15, -0.1) is 0 Å². The topological polar surface area (TPSA) is 68.1 Å². The fraction of sp³-hybridized carbons (Fsp3) is 0.700. The molecule has 5 heteroatoms. The average molecular weight is 345 g/mol. The molecule has 5 atom stereocenters. The molecular formula is C20H27NO4. The van der Waals surface area contributed by atoms with Gasteiger partial charge >= 0.3 is 5.97 Å². The Morgan fingerprint density at radius 3 is 2.92 bits per heavy atom. The number of carbonyl (C=O) groups excluding carboxylic acids is 1. The Morgan fingerprint density at radius 1 is 1.40 bits per heavy atom. The molecule has 2 heterocycles. The number of aliphatic hydroxyl groups excluding tert-OH is 1. The van der Waals surface area contributed by atoms with Crippen molar-refractivity contribution in [2.75, 3.05) is 13.2 Å². The number of rotatable bonds is 2. The van der Waals surface area contributed by atoms with Crippen LogP contribution in [-0.4, -0.2) is 36.1 Å². The Kier molecular flexibility index (Phi) is 3.83. The number of esters is 1. The van der Waals surface area contributed by atoms with E-state index in [9.17, 15) is 9.90 Å². The molecule has 0 aromatic carbocycles. The number of fused-ring (bicyclic) bond motifs is 3. The third kappa shape index (κ3) is 2.39.